The highest BCUT2D eigenvalue weighted by Crippen LogP contribution is 2.67. The van der Waals surface area contributed by atoms with E-state index in [9.17, 15) is 0 Å². The summed E-state index contributed by atoms with van der Waals surface area (Å²) in [4.78, 5) is 5.28. The molecule has 8 fully saturated rings. The number of para-hydroxylation sites is 4. The molecule has 8 aliphatic carbocycles. The molecule has 2 aliphatic heterocycles. The lowest BCUT2D eigenvalue weighted by Gasteiger charge is -2.59. The van der Waals surface area contributed by atoms with Crippen LogP contribution < -0.4 is 9.80 Å². The lowest BCUT2D eigenvalue weighted by Crippen LogP contribution is -2.49. The number of rotatable bonds is 4. The summed E-state index contributed by atoms with van der Waals surface area (Å²) in [5.41, 5.74) is 17.3. The molecular weight excluding hydrogens is 797 g/mol. The standard InChI is InChI=1S/C64H64N2/c1-61(2)51-13-5-9-17-55(51)65(56-18-10-6-14-52(56)61)45-21-23-47-49(31-45)59(63-33-39-25-40(34-63)27-41(26-39)35-63)48-24-22-46(32-50(48)60(47)64-36-42-28-43(37-64)30-44(29-42)38-64)66-57-19-11-7-15-53(57)62(3,4)54-16-8-12-20-58(54)66/h5-24,31-32,39-44H,25-30,33-38H2,1-4H3. The summed E-state index contributed by atoms with van der Waals surface area (Å²) in [7, 11) is 0. The van der Waals surface area contributed by atoms with E-state index in [1.54, 1.807) is 32.7 Å². The fraction of sp³-hybridized carbons (Fsp3) is 0.406. The van der Waals surface area contributed by atoms with E-state index in [0.717, 1.165) is 35.5 Å². The van der Waals surface area contributed by atoms with Gasteiger partial charge in [-0.15, -0.1) is 0 Å². The van der Waals surface area contributed by atoms with Crippen molar-refractivity contribution in [1.29, 1.82) is 0 Å². The van der Waals surface area contributed by atoms with E-state index < -0.39 is 0 Å². The molecule has 7 aromatic carbocycles. The maximum Gasteiger partial charge on any atom is 0.0502 e. The van der Waals surface area contributed by atoms with Crippen LogP contribution in [-0.2, 0) is 21.7 Å². The van der Waals surface area contributed by atoms with Crippen molar-refractivity contribution < 1.29 is 0 Å². The number of anilines is 6. The van der Waals surface area contributed by atoms with Crippen molar-refractivity contribution in [3.8, 4) is 0 Å². The Morgan fingerprint density at radius 2 is 0.606 bits per heavy atom. The molecule has 0 unspecified atom stereocenters. The van der Waals surface area contributed by atoms with E-state index in [1.165, 1.54) is 133 Å². The quantitative estimate of drug-likeness (QED) is 0.163. The number of fused-ring (bicyclic) bond motifs is 6. The van der Waals surface area contributed by atoms with Gasteiger partial charge in [0.05, 0.1) is 22.7 Å². The van der Waals surface area contributed by atoms with Crippen molar-refractivity contribution in [2.24, 2.45) is 35.5 Å². The Balaban J connectivity index is 1.04. The second kappa shape index (κ2) is 13.2. The highest BCUT2D eigenvalue weighted by molar-refractivity contribution is 6.10. The van der Waals surface area contributed by atoms with Crippen molar-refractivity contribution in [2.75, 3.05) is 9.80 Å². The van der Waals surface area contributed by atoms with E-state index in [1.807, 2.05) is 0 Å². The summed E-state index contributed by atoms with van der Waals surface area (Å²) in [6, 6.07) is 53.1. The van der Waals surface area contributed by atoms with E-state index in [2.05, 4.69) is 171 Å². The van der Waals surface area contributed by atoms with Crippen LogP contribution in [0.25, 0.3) is 21.5 Å². The van der Waals surface area contributed by atoms with Gasteiger partial charge in [-0.2, -0.15) is 0 Å². The van der Waals surface area contributed by atoms with Gasteiger partial charge in [0.25, 0.3) is 0 Å². The fourth-order valence-electron chi connectivity index (χ4n) is 18.4. The first-order valence-corrected chi connectivity index (χ1v) is 26.1. The summed E-state index contributed by atoms with van der Waals surface area (Å²) >= 11 is 0. The summed E-state index contributed by atoms with van der Waals surface area (Å²) in [5, 5.41) is 6.32. The Hall–Kier alpha value is -5.34. The van der Waals surface area contributed by atoms with Gasteiger partial charge in [0.1, 0.15) is 0 Å². The zero-order valence-electron chi connectivity index (χ0n) is 39.5. The third-order valence-electron chi connectivity index (χ3n) is 20.0. The van der Waals surface area contributed by atoms with Gasteiger partial charge in [-0.25, -0.2) is 0 Å². The molecule has 8 bridgehead atoms. The van der Waals surface area contributed by atoms with Crippen LogP contribution >= 0.6 is 0 Å². The third kappa shape index (κ3) is 5.15. The van der Waals surface area contributed by atoms with Crippen LogP contribution in [0.2, 0.25) is 0 Å². The van der Waals surface area contributed by atoms with Crippen molar-refractivity contribution >= 4 is 55.7 Å². The van der Waals surface area contributed by atoms with Gasteiger partial charge in [0, 0.05) is 22.2 Å². The van der Waals surface area contributed by atoms with Gasteiger partial charge in [-0.05, 0) is 227 Å². The Bertz CT molecular complexity index is 2810. The predicted molar refractivity (Wildman–Crippen MR) is 275 cm³/mol. The molecule has 0 spiro atoms. The van der Waals surface area contributed by atoms with Crippen molar-refractivity contribution in [2.45, 2.75) is 126 Å². The molecule has 7 aromatic rings. The van der Waals surface area contributed by atoms with Crippen LogP contribution in [-0.4, -0.2) is 0 Å². The number of hydrogen-bond donors (Lipinski definition) is 0. The molecule has 8 saturated carbocycles. The van der Waals surface area contributed by atoms with E-state index in [4.69, 9.17) is 0 Å². The minimum absolute atomic E-state index is 0.0877. The van der Waals surface area contributed by atoms with Gasteiger partial charge < -0.3 is 9.80 Å². The summed E-state index contributed by atoms with van der Waals surface area (Å²) in [6.07, 6.45) is 16.9. The minimum atomic E-state index is -0.0877. The molecule has 10 aliphatic rings. The van der Waals surface area contributed by atoms with Gasteiger partial charge >= 0.3 is 0 Å². The maximum atomic E-state index is 2.74. The number of nitrogens with zero attached hydrogens (tertiary/aromatic N) is 2. The number of hydrogen-bond acceptors (Lipinski definition) is 2. The fourth-order valence-corrected chi connectivity index (χ4v) is 18.4. The maximum absolute atomic E-state index is 2.74. The predicted octanol–water partition coefficient (Wildman–Crippen LogP) is 17.1. The molecule has 0 radical (unpaired) electrons. The SMILES string of the molecule is CC1(C)c2ccccc2N(c2ccc3c(C45CC6CC(CC(C6)C4)C5)c4cc(N5c6ccccc6C(C)(C)c6ccccc65)ccc4c(C45CC6CC(CC(C6)C4)C5)c3c2)c2ccccc21. The van der Waals surface area contributed by atoms with Crippen LogP contribution in [0.5, 0.6) is 0 Å². The van der Waals surface area contributed by atoms with E-state index in [-0.39, 0.29) is 21.7 Å². The second-order valence-corrected chi connectivity index (χ2v) is 24.6. The third-order valence-corrected chi connectivity index (χ3v) is 20.0. The molecule has 66 heavy (non-hydrogen) atoms. The zero-order valence-corrected chi connectivity index (χ0v) is 39.5. The van der Waals surface area contributed by atoms with Crippen LogP contribution in [0, 0.1) is 35.5 Å². The highest BCUT2D eigenvalue weighted by atomic mass is 15.2. The van der Waals surface area contributed by atoms with E-state index >= 15 is 0 Å². The first-order chi connectivity index (χ1) is 32.1. The summed E-state index contributed by atoms with van der Waals surface area (Å²) in [5.74, 6) is 5.16. The number of benzene rings is 7. The first-order valence-electron chi connectivity index (χ1n) is 26.1. The molecule has 17 rings (SSSR count). The van der Waals surface area contributed by atoms with E-state index in [0.29, 0.717) is 0 Å². The largest absolute Gasteiger partial charge is 0.310 e. The van der Waals surface area contributed by atoms with Gasteiger partial charge in [0.2, 0.25) is 0 Å². The Morgan fingerprint density at radius 3 is 0.894 bits per heavy atom. The summed E-state index contributed by atoms with van der Waals surface area (Å²) in [6.45, 7) is 9.70. The second-order valence-electron chi connectivity index (χ2n) is 24.6. The van der Waals surface area contributed by atoms with Crippen LogP contribution in [0.3, 0.4) is 0 Å². The van der Waals surface area contributed by atoms with Gasteiger partial charge in [-0.1, -0.05) is 113 Å². The molecule has 0 saturated heterocycles. The first kappa shape index (κ1) is 38.7. The monoisotopic (exact) mass is 861 g/mol. The molecule has 0 atom stereocenters. The lowest BCUT2D eigenvalue weighted by atomic mass is 9.46. The average Bonchev–Trinajstić information content (AvgIpc) is 3.30. The van der Waals surface area contributed by atoms with Gasteiger partial charge in [0.15, 0.2) is 0 Å². The van der Waals surface area contributed by atoms with Crippen molar-refractivity contribution in [1.82, 2.24) is 0 Å². The van der Waals surface area contributed by atoms with Crippen LogP contribution in [0.4, 0.5) is 34.1 Å². The smallest absolute Gasteiger partial charge is 0.0502 e. The summed E-state index contributed by atoms with van der Waals surface area (Å²) < 4.78 is 0. The molecule has 330 valence electrons. The average molecular weight is 861 g/mol. The molecule has 2 heterocycles. The lowest BCUT2D eigenvalue weighted by molar-refractivity contribution is -0.00493. The molecule has 2 heteroatoms. The highest BCUT2D eigenvalue weighted by Gasteiger charge is 2.56. The topological polar surface area (TPSA) is 6.48 Å². The Morgan fingerprint density at radius 1 is 0.333 bits per heavy atom. The van der Waals surface area contributed by atoms with Crippen LogP contribution in [0.15, 0.2) is 133 Å². The molecule has 2 nitrogen and oxygen atoms in total. The Kier molecular flexibility index (Phi) is 7.75. The molecule has 0 amide bonds. The normalized spacial score (nSPS) is 31.2. The molecule has 0 N–H and O–H groups in total. The van der Waals surface area contributed by atoms with Crippen molar-refractivity contribution in [3.63, 3.8) is 0 Å². The van der Waals surface area contributed by atoms with Crippen molar-refractivity contribution in [3.05, 3.63) is 167 Å². The van der Waals surface area contributed by atoms with Crippen LogP contribution in [0.1, 0.15) is 138 Å². The molecular formula is C64H64N2. The van der Waals surface area contributed by atoms with Gasteiger partial charge in [-0.3, -0.25) is 0 Å². The minimum Gasteiger partial charge on any atom is -0.310 e. The Labute approximate surface area is 392 Å². The zero-order chi connectivity index (χ0) is 43.9. The molecule has 0 aromatic heterocycles.